The van der Waals surface area contributed by atoms with Crippen LogP contribution in [0.4, 0.5) is 10.1 Å². The minimum atomic E-state index is -0.482. The number of ether oxygens (including phenoxy) is 2. The molecule has 0 fully saturated rings. The molecule has 0 aliphatic heterocycles. The van der Waals surface area contributed by atoms with Gasteiger partial charge in [-0.15, -0.1) is 0 Å². The Hall–Kier alpha value is -2.56. The number of amides is 1. The molecule has 1 amide bonds. The van der Waals surface area contributed by atoms with Crippen molar-refractivity contribution in [3.63, 3.8) is 0 Å². The van der Waals surface area contributed by atoms with Gasteiger partial charge in [0.2, 0.25) is 5.91 Å². The fraction of sp³-hybridized carbons (Fsp3) is 0.188. The predicted octanol–water partition coefficient (Wildman–Crippen LogP) is 3.02. The number of benzene rings is 2. The van der Waals surface area contributed by atoms with Crippen LogP contribution in [0.3, 0.4) is 0 Å². The molecule has 2 aromatic carbocycles. The highest BCUT2D eigenvalue weighted by Crippen LogP contribution is 2.19. The first-order chi connectivity index (χ1) is 10.1. The van der Waals surface area contributed by atoms with E-state index in [1.54, 1.807) is 37.4 Å². The van der Waals surface area contributed by atoms with E-state index in [1.165, 1.54) is 19.2 Å². The standard InChI is InChI=1S/C16H16FNO3/c1-20-13-5-3-4-12(10-13)18-16(19)9-11-6-7-15(21-2)14(17)8-11/h3-8,10H,9H2,1-2H3,(H,18,19). The number of hydrogen-bond donors (Lipinski definition) is 1. The molecule has 0 bridgehead atoms. The van der Waals surface area contributed by atoms with Crippen LogP contribution in [0.1, 0.15) is 5.56 Å². The summed E-state index contributed by atoms with van der Waals surface area (Å²) < 4.78 is 23.5. The van der Waals surface area contributed by atoms with Crippen LogP contribution >= 0.6 is 0 Å². The van der Waals surface area contributed by atoms with Gasteiger partial charge in [-0.3, -0.25) is 4.79 Å². The molecular formula is C16H16FNO3. The first-order valence-corrected chi connectivity index (χ1v) is 6.38. The molecule has 0 atom stereocenters. The molecule has 4 nitrogen and oxygen atoms in total. The Labute approximate surface area is 122 Å². The van der Waals surface area contributed by atoms with E-state index in [4.69, 9.17) is 9.47 Å². The zero-order valence-corrected chi connectivity index (χ0v) is 11.9. The summed E-state index contributed by atoms with van der Waals surface area (Å²) in [6, 6.07) is 11.5. The largest absolute Gasteiger partial charge is 0.497 e. The third-order valence-electron chi connectivity index (χ3n) is 2.93. The van der Waals surface area contributed by atoms with Gasteiger partial charge in [-0.05, 0) is 29.8 Å². The lowest BCUT2D eigenvalue weighted by Gasteiger charge is -2.08. The van der Waals surface area contributed by atoms with Crippen molar-refractivity contribution in [3.05, 3.63) is 53.8 Å². The summed E-state index contributed by atoms with van der Waals surface area (Å²) in [5.74, 6) is 0.104. The van der Waals surface area contributed by atoms with Crippen molar-refractivity contribution in [2.45, 2.75) is 6.42 Å². The molecule has 1 N–H and O–H groups in total. The van der Waals surface area contributed by atoms with Gasteiger partial charge in [-0.1, -0.05) is 12.1 Å². The van der Waals surface area contributed by atoms with Crippen LogP contribution in [0.5, 0.6) is 11.5 Å². The molecule has 0 aliphatic carbocycles. The maximum Gasteiger partial charge on any atom is 0.228 e. The van der Waals surface area contributed by atoms with Crippen LogP contribution in [0.25, 0.3) is 0 Å². The van der Waals surface area contributed by atoms with Gasteiger partial charge >= 0.3 is 0 Å². The summed E-state index contributed by atoms with van der Waals surface area (Å²) in [5, 5.41) is 2.74. The van der Waals surface area contributed by atoms with Crippen LogP contribution < -0.4 is 14.8 Å². The number of anilines is 1. The molecule has 0 radical (unpaired) electrons. The number of hydrogen-bond acceptors (Lipinski definition) is 3. The van der Waals surface area contributed by atoms with Gasteiger partial charge in [-0.25, -0.2) is 4.39 Å². The predicted molar refractivity (Wildman–Crippen MR) is 78.3 cm³/mol. The molecule has 0 saturated heterocycles. The molecule has 0 aliphatic rings. The molecule has 0 spiro atoms. The molecule has 2 aromatic rings. The fourth-order valence-electron chi connectivity index (χ4n) is 1.91. The van der Waals surface area contributed by atoms with Gasteiger partial charge in [0.05, 0.1) is 20.6 Å². The minimum absolute atomic E-state index is 0.0815. The Morgan fingerprint density at radius 3 is 2.62 bits per heavy atom. The van der Waals surface area contributed by atoms with Gasteiger partial charge < -0.3 is 14.8 Å². The number of carbonyl (C=O) groups excluding carboxylic acids is 1. The van der Waals surface area contributed by atoms with Crippen molar-refractivity contribution >= 4 is 11.6 Å². The van der Waals surface area contributed by atoms with E-state index in [2.05, 4.69) is 5.32 Å². The van der Waals surface area contributed by atoms with E-state index < -0.39 is 5.82 Å². The van der Waals surface area contributed by atoms with Crippen LogP contribution in [0.2, 0.25) is 0 Å². The number of halogens is 1. The molecule has 0 aromatic heterocycles. The van der Waals surface area contributed by atoms with E-state index in [0.29, 0.717) is 17.0 Å². The Morgan fingerprint density at radius 2 is 1.95 bits per heavy atom. The normalized spacial score (nSPS) is 10.0. The van der Waals surface area contributed by atoms with E-state index in [1.807, 2.05) is 0 Å². The van der Waals surface area contributed by atoms with Crippen LogP contribution in [0.15, 0.2) is 42.5 Å². The number of nitrogens with one attached hydrogen (secondary N) is 1. The average Bonchev–Trinajstić information content (AvgIpc) is 2.47. The van der Waals surface area contributed by atoms with Gasteiger partial charge in [0.25, 0.3) is 0 Å². The van der Waals surface area contributed by atoms with Crippen molar-refractivity contribution in [2.24, 2.45) is 0 Å². The second-order valence-electron chi connectivity index (χ2n) is 4.43. The Morgan fingerprint density at radius 1 is 1.14 bits per heavy atom. The van der Waals surface area contributed by atoms with E-state index >= 15 is 0 Å². The van der Waals surface area contributed by atoms with Crippen LogP contribution in [-0.4, -0.2) is 20.1 Å². The zero-order chi connectivity index (χ0) is 15.2. The Kier molecular flexibility index (Phi) is 4.77. The lowest BCUT2D eigenvalue weighted by molar-refractivity contribution is -0.115. The molecule has 0 saturated carbocycles. The van der Waals surface area contributed by atoms with Gasteiger partial charge in [0.1, 0.15) is 5.75 Å². The lowest BCUT2D eigenvalue weighted by Crippen LogP contribution is -2.14. The molecular weight excluding hydrogens is 273 g/mol. The smallest absolute Gasteiger partial charge is 0.228 e. The SMILES string of the molecule is COc1cccc(NC(=O)Cc2ccc(OC)c(F)c2)c1. The summed E-state index contributed by atoms with van der Waals surface area (Å²) in [4.78, 5) is 11.9. The highest BCUT2D eigenvalue weighted by Gasteiger charge is 2.08. The average molecular weight is 289 g/mol. The molecule has 2 rings (SSSR count). The zero-order valence-electron chi connectivity index (χ0n) is 11.9. The Bertz CT molecular complexity index is 643. The molecule has 21 heavy (non-hydrogen) atoms. The molecule has 110 valence electrons. The van der Waals surface area contributed by atoms with E-state index in [9.17, 15) is 9.18 Å². The summed E-state index contributed by atoms with van der Waals surface area (Å²) in [7, 11) is 2.95. The first kappa shape index (κ1) is 14.8. The fourth-order valence-corrected chi connectivity index (χ4v) is 1.91. The Balaban J connectivity index is 2.02. The number of rotatable bonds is 5. The van der Waals surface area contributed by atoms with E-state index in [-0.39, 0.29) is 18.1 Å². The summed E-state index contributed by atoms with van der Waals surface area (Å²) in [5.41, 5.74) is 1.21. The highest BCUT2D eigenvalue weighted by atomic mass is 19.1. The van der Waals surface area contributed by atoms with Crippen molar-refractivity contribution in [1.29, 1.82) is 0 Å². The summed E-state index contributed by atoms with van der Waals surface area (Å²) in [6.45, 7) is 0. The molecule has 0 heterocycles. The maximum absolute atomic E-state index is 13.6. The number of methoxy groups -OCH3 is 2. The van der Waals surface area contributed by atoms with Crippen LogP contribution in [0, 0.1) is 5.82 Å². The molecule has 5 heteroatoms. The van der Waals surface area contributed by atoms with E-state index in [0.717, 1.165) is 0 Å². The number of carbonyl (C=O) groups is 1. The summed E-state index contributed by atoms with van der Waals surface area (Å²) >= 11 is 0. The van der Waals surface area contributed by atoms with Crippen molar-refractivity contribution in [3.8, 4) is 11.5 Å². The van der Waals surface area contributed by atoms with Crippen molar-refractivity contribution in [1.82, 2.24) is 0 Å². The third-order valence-corrected chi connectivity index (χ3v) is 2.93. The van der Waals surface area contributed by atoms with Gasteiger partial charge in [0, 0.05) is 11.8 Å². The first-order valence-electron chi connectivity index (χ1n) is 6.38. The lowest BCUT2D eigenvalue weighted by atomic mass is 10.1. The van der Waals surface area contributed by atoms with Crippen molar-refractivity contribution < 1.29 is 18.7 Å². The van der Waals surface area contributed by atoms with Gasteiger partial charge in [0.15, 0.2) is 11.6 Å². The second-order valence-corrected chi connectivity index (χ2v) is 4.43. The monoisotopic (exact) mass is 289 g/mol. The van der Waals surface area contributed by atoms with Gasteiger partial charge in [-0.2, -0.15) is 0 Å². The molecule has 0 unspecified atom stereocenters. The summed E-state index contributed by atoms with van der Waals surface area (Å²) in [6.07, 6.45) is 0.0815. The third kappa shape index (κ3) is 3.95. The topological polar surface area (TPSA) is 47.6 Å². The maximum atomic E-state index is 13.6. The van der Waals surface area contributed by atoms with Crippen molar-refractivity contribution in [2.75, 3.05) is 19.5 Å². The van der Waals surface area contributed by atoms with Crippen LogP contribution in [-0.2, 0) is 11.2 Å². The minimum Gasteiger partial charge on any atom is -0.497 e. The highest BCUT2D eigenvalue weighted by molar-refractivity contribution is 5.92. The second kappa shape index (κ2) is 6.74. The quantitative estimate of drug-likeness (QED) is 0.920.